The average molecular weight is 224 g/mol. The molecule has 0 spiro atoms. The van der Waals surface area contributed by atoms with Gasteiger partial charge in [0.1, 0.15) is 6.61 Å². The Morgan fingerprint density at radius 2 is 2.12 bits per heavy atom. The van der Waals surface area contributed by atoms with Crippen LogP contribution in [0.4, 0.5) is 0 Å². The van der Waals surface area contributed by atoms with Crippen LogP contribution in [0.25, 0.3) is 0 Å². The lowest BCUT2D eigenvalue weighted by Crippen LogP contribution is -2.13. The van der Waals surface area contributed by atoms with Crippen LogP contribution in [0.15, 0.2) is 24.3 Å². The SMILES string of the molecule is CC(O)Cc1ccccc1C(=O)OCCO. The summed E-state index contributed by atoms with van der Waals surface area (Å²) >= 11 is 0. The third-order valence-corrected chi connectivity index (χ3v) is 2.08. The van der Waals surface area contributed by atoms with Gasteiger partial charge in [0, 0.05) is 0 Å². The van der Waals surface area contributed by atoms with E-state index < -0.39 is 12.1 Å². The summed E-state index contributed by atoms with van der Waals surface area (Å²) in [5.74, 6) is -0.467. The predicted molar refractivity (Wildman–Crippen MR) is 59.2 cm³/mol. The largest absolute Gasteiger partial charge is 0.460 e. The van der Waals surface area contributed by atoms with Crippen molar-refractivity contribution >= 4 is 5.97 Å². The Balaban J connectivity index is 2.81. The summed E-state index contributed by atoms with van der Waals surface area (Å²) in [6.07, 6.45) is -0.100. The van der Waals surface area contributed by atoms with E-state index >= 15 is 0 Å². The minimum Gasteiger partial charge on any atom is -0.460 e. The average Bonchev–Trinajstić information content (AvgIpc) is 2.26. The lowest BCUT2D eigenvalue weighted by atomic mass is 10.0. The van der Waals surface area contributed by atoms with Crippen molar-refractivity contribution in [3.05, 3.63) is 35.4 Å². The Bertz CT molecular complexity index is 347. The topological polar surface area (TPSA) is 66.8 Å². The van der Waals surface area contributed by atoms with E-state index in [0.29, 0.717) is 12.0 Å². The van der Waals surface area contributed by atoms with Crippen molar-refractivity contribution in [1.29, 1.82) is 0 Å². The number of ether oxygens (including phenoxy) is 1. The summed E-state index contributed by atoms with van der Waals surface area (Å²) in [5.41, 5.74) is 1.19. The third-order valence-electron chi connectivity index (χ3n) is 2.08. The van der Waals surface area contributed by atoms with E-state index in [0.717, 1.165) is 5.56 Å². The molecule has 88 valence electrons. The molecule has 4 heteroatoms. The first-order chi connectivity index (χ1) is 7.65. The van der Waals surface area contributed by atoms with E-state index in [2.05, 4.69) is 0 Å². The fourth-order valence-corrected chi connectivity index (χ4v) is 1.43. The molecular formula is C12H16O4. The molecule has 0 bridgehead atoms. The number of carbonyl (C=O) groups is 1. The van der Waals surface area contributed by atoms with E-state index in [1.807, 2.05) is 0 Å². The standard InChI is InChI=1S/C12H16O4/c1-9(14)8-10-4-2-3-5-11(10)12(15)16-7-6-13/h2-5,9,13-14H,6-8H2,1H3. The Morgan fingerprint density at radius 1 is 1.44 bits per heavy atom. The van der Waals surface area contributed by atoms with Gasteiger partial charge in [0.25, 0.3) is 0 Å². The molecule has 1 aromatic rings. The zero-order valence-electron chi connectivity index (χ0n) is 9.22. The van der Waals surface area contributed by atoms with Crippen LogP contribution in [0.2, 0.25) is 0 Å². The summed E-state index contributed by atoms with van der Waals surface area (Å²) < 4.78 is 4.83. The van der Waals surface area contributed by atoms with E-state index in [-0.39, 0.29) is 13.2 Å². The monoisotopic (exact) mass is 224 g/mol. The van der Waals surface area contributed by atoms with E-state index in [1.165, 1.54) is 0 Å². The van der Waals surface area contributed by atoms with E-state index in [1.54, 1.807) is 31.2 Å². The second-order valence-corrected chi connectivity index (χ2v) is 3.57. The van der Waals surface area contributed by atoms with Crippen LogP contribution >= 0.6 is 0 Å². The van der Waals surface area contributed by atoms with Crippen LogP contribution < -0.4 is 0 Å². The second kappa shape index (κ2) is 6.25. The van der Waals surface area contributed by atoms with Crippen molar-refractivity contribution in [3.63, 3.8) is 0 Å². The van der Waals surface area contributed by atoms with Crippen LogP contribution in [-0.4, -0.2) is 35.5 Å². The van der Waals surface area contributed by atoms with Gasteiger partial charge in [-0.3, -0.25) is 0 Å². The lowest BCUT2D eigenvalue weighted by Gasteiger charge is -2.10. The summed E-state index contributed by atoms with van der Waals surface area (Å²) in [7, 11) is 0. The van der Waals surface area contributed by atoms with Gasteiger partial charge in [0.05, 0.1) is 18.3 Å². The molecule has 1 rings (SSSR count). The quantitative estimate of drug-likeness (QED) is 0.725. The normalized spacial score (nSPS) is 12.2. The van der Waals surface area contributed by atoms with Gasteiger partial charge in [-0.2, -0.15) is 0 Å². The molecule has 0 amide bonds. The second-order valence-electron chi connectivity index (χ2n) is 3.57. The van der Waals surface area contributed by atoms with Gasteiger partial charge in [-0.05, 0) is 25.0 Å². The van der Waals surface area contributed by atoms with Crippen LogP contribution in [0.3, 0.4) is 0 Å². The highest BCUT2D eigenvalue weighted by Crippen LogP contribution is 2.12. The van der Waals surface area contributed by atoms with Crippen molar-refractivity contribution in [1.82, 2.24) is 0 Å². The van der Waals surface area contributed by atoms with Crippen LogP contribution in [0.1, 0.15) is 22.8 Å². The molecule has 0 aliphatic rings. The highest BCUT2D eigenvalue weighted by molar-refractivity contribution is 5.91. The number of hydrogen-bond donors (Lipinski definition) is 2. The van der Waals surface area contributed by atoms with Gasteiger partial charge in [-0.15, -0.1) is 0 Å². The molecular weight excluding hydrogens is 208 g/mol. The molecule has 0 heterocycles. The first kappa shape index (κ1) is 12.7. The van der Waals surface area contributed by atoms with Gasteiger partial charge in [0.2, 0.25) is 0 Å². The molecule has 1 aromatic carbocycles. The molecule has 4 nitrogen and oxygen atoms in total. The van der Waals surface area contributed by atoms with Gasteiger partial charge < -0.3 is 14.9 Å². The molecule has 0 aromatic heterocycles. The highest BCUT2D eigenvalue weighted by Gasteiger charge is 2.13. The van der Waals surface area contributed by atoms with Crippen molar-refractivity contribution < 1.29 is 19.7 Å². The summed E-state index contributed by atoms with van der Waals surface area (Å²) in [6.45, 7) is 1.46. The van der Waals surface area contributed by atoms with Crippen molar-refractivity contribution in [2.24, 2.45) is 0 Å². The maximum atomic E-state index is 11.6. The van der Waals surface area contributed by atoms with E-state index in [4.69, 9.17) is 9.84 Å². The number of hydrogen-bond acceptors (Lipinski definition) is 4. The summed E-state index contributed by atoms with van der Waals surface area (Å²) in [6, 6.07) is 6.97. The number of benzene rings is 1. The molecule has 0 fully saturated rings. The molecule has 0 aliphatic carbocycles. The molecule has 2 N–H and O–H groups in total. The van der Waals surface area contributed by atoms with Crippen LogP contribution in [0.5, 0.6) is 0 Å². The minimum absolute atomic E-state index is 0.0121. The van der Waals surface area contributed by atoms with Gasteiger partial charge >= 0.3 is 5.97 Å². The van der Waals surface area contributed by atoms with Gasteiger partial charge in [-0.25, -0.2) is 4.79 Å². The maximum Gasteiger partial charge on any atom is 0.338 e. The number of aliphatic hydroxyl groups is 2. The molecule has 0 saturated carbocycles. The Morgan fingerprint density at radius 3 is 2.75 bits per heavy atom. The maximum absolute atomic E-state index is 11.6. The number of carbonyl (C=O) groups excluding carboxylic acids is 1. The highest BCUT2D eigenvalue weighted by atomic mass is 16.5. The van der Waals surface area contributed by atoms with Crippen molar-refractivity contribution in [2.75, 3.05) is 13.2 Å². The molecule has 0 radical (unpaired) electrons. The first-order valence-corrected chi connectivity index (χ1v) is 5.19. The third kappa shape index (κ3) is 3.64. The molecule has 16 heavy (non-hydrogen) atoms. The van der Waals surface area contributed by atoms with E-state index in [9.17, 15) is 9.90 Å². The van der Waals surface area contributed by atoms with Gasteiger partial charge in [0.15, 0.2) is 0 Å². The zero-order chi connectivity index (χ0) is 12.0. The lowest BCUT2D eigenvalue weighted by molar-refractivity contribution is 0.0432. The summed E-state index contributed by atoms with van der Waals surface area (Å²) in [4.78, 5) is 11.6. The molecule has 0 aliphatic heterocycles. The fraction of sp³-hybridized carbons (Fsp3) is 0.417. The Hall–Kier alpha value is -1.39. The molecule has 1 unspecified atom stereocenters. The zero-order valence-corrected chi connectivity index (χ0v) is 9.22. The van der Waals surface area contributed by atoms with Crippen molar-refractivity contribution in [2.45, 2.75) is 19.4 Å². The Kier molecular flexibility index (Phi) is 4.95. The van der Waals surface area contributed by atoms with Crippen LogP contribution in [0, 0.1) is 0 Å². The molecule has 1 atom stereocenters. The minimum atomic E-state index is -0.508. The van der Waals surface area contributed by atoms with Crippen molar-refractivity contribution in [3.8, 4) is 0 Å². The predicted octanol–water partition coefficient (Wildman–Crippen LogP) is 0.759. The molecule has 0 saturated heterocycles. The first-order valence-electron chi connectivity index (χ1n) is 5.19. The van der Waals surface area contributed by atoms with Crippen LogP contribution in [-0.2, 0) is 11.2 Å². The smallest absolute Gasteiger partial charge is 0.338 e. The number of aliphatic hydroxyl groups excluding tert-OH is 2. The van der Waals surface area contributed by atoms with Gasteiger partial charge in [-0.1, -0.05) is 18.2 Å². The summed E-state index contributed by atoms with van der Waals surface area (Å²) in [5, 5.41) is 17.9. The number of rotatable bonds is 5. The Labute approximate surface area is 94.5 Å². The number of esters is 1. The fourth-order valence-electron chi connectivity index (χ4n) is 1.43.